The van der Waals surface area contributed by atoms with Gasteiger partial charge >= 0.3 is 0 Å². The Labute approximate surface area is 178 Å². The minimum Gasteiger partial charge on any atom is -0.351 e. The molecule has 1 fully saturated rings. The Morgan fingerprint density at radius 3 is 2.84 bits per heavy atom. The van der Waals surface area contributed by atoms with Gasteiger partial charge in [-0.15, -0.1) is 0 Å². The third-order valence-corrected chi connectivity index (χ3v) is 5.62. The van der Waals surface area contributed by atoms with Gasteiger partial charge in [-0.3, -0.25) is 4.57 Å². The lowest BCUT2D eigenvalue weighted by Crippen LogP contribution is -2.50. The van der Waals surface area contributed by atoms with Crippen molar-refractivity contribution in [1.82, 2.24) is 24.8 Å². The first kappa shape index (κ1) is 19.2. The van der Waals surface area contributed by atoms with Gasteiger partial charge in [0.05, 0.1) is 17.0 Å². The summed E-state index contributed by atoms with van der Waals surface area (Å²) >= 11 is 0. The molecule has 0 saturated carbocycles. The number of fused-ring (bicyclic) bond motifs is 1. The average Bonchev–Trinajstić information content (AvgIpc) is 3.20. The van der Waals surface area contributed by atoms with Crippen LogP contribution in [0.5, 0.6) is 0 Å². The number of hydrogen-bond acceptors (Lipinski definition) is 6. The summed E-state index contributed by atoms with van der Waals surface area (Å²) in [6.45, 7) is 4.61. The van der Waals surface area contributed by atoms with Crippen molar-refractivity contribution in [1.29, 1.82) is 5.26 Å². The highest BCUT2D eigenvalue weighted by molar-refractivity contribution is 6.02. The molecule has 1 aliphatic heterocycles. The van der Waals surface area contributed by atoms with Gasteiger partial charge in [-0.05, 0) is 25.1 Å². The SMILES string of the molecule is C[C@H]1CNCCN1c1ncnc2c1c(-c1ccccc1F)cn2-c1cc(C#N)ccn1. The Hall–Kier alpha value is -3.83. The normalized spacial score (nSPS) is 16.4. The third kappa shape index (κ3) is 3.29. The molecule has 0 radical (unpaired) electrons. The highest BCUT2D eigenvalue weighted by Crippen LogP contribution is 2.38. The number of piperazine rings is 1. The van der Waals surface area contributed by atoms with Crippen molar-refractivity contribution in [2.24, 2.45) is 0 Å². The number of halogens is 1. The molecular weight excluding hydrogens is 393 g/mol. The van der Waals surface area contributed by atoms with E-state index in [9.17, 15) is 9.65 Å². The molecule has 3 aromatic heterocycles. The van der Waals surface area contributed by atoms with Crippen LogP contribution < -0.4 is 10.2 Å². The highest BCUT2D eigenvalue weighted by Gasteiger charge is 2.26. The van der Waals surface area contributed by atoms with Gasteiger partial charge < -0.3 is 10.2 Å². The molecule has 1 aromatic carbocycles. The van der Waals surface area contributed by atoms with Crippen molar-refractivity contribution < 1.29 is 4.39 Å². The van der Waals surface area contributed by atoms with E-state index in [1.165, 1.54) is 12.4 Å². The minimum absolute atomic E-state index is 0.226. The third-order valence-electron chi connectivity index (χ3n) is 5.62. The summed E-state index contributed by atoms with van der Waals surface area (Å²) in [6.07, 6.45) is 4.95. The Morgan fingerprint density at radius 2 is 2.03 bits per heavy atom. The maximum atomic E-state index is 14.9. The number of aromatic nitrogens is 4. The standard InChI is InChI=1S/C23H20FN7/c1-15-12-26-8-9-30(15)22-21-18(17-4-2-3-5-19(17)24)13-31(23(21)29-14-28-22)20-10-16(11-25)6-7-27-20/h2-7,10,13-15,26H,8-9,12H2,1H3/t15-/m0/s1. The molecule has 1 aliphatic rings. The van der Waals surface area contributed by atoms with E-state index in [0.717, 1.165) is 30.8 Å². The topological polar surface area (TPSA) is 82.7 Å². The smallest absolute Gasteiger partial charge is 0.151 e. The number of nitrogens with one attached hydrogen (secondary N) is 1. The fourth-order valence-electron chi connectivity index (χ4n) is 4.10. The van der Waals surface area contributed by atoms with E-state index in [4.69, 9.17) is 0 Å². The average molecular weight is 413 g/mol. The van der Waals surface area contributed by atoms with Crippen LogP contribution in [0.1, 0.15) is 12.5 Å². The van der Waals surface area contributed by atoms with Crippen LogP contribution >= 0.6 is 0 Å². The van der Waals surface area contributed by atoms with Crippen LogP contribution in [0, 0.1) is 17.1 Å². The molecule has 0 amide bonds. The fraction of sp³-hybridized carbons (Fsp3) is 0.217. The first-order valence-electron chi connectivity index (χ1n) is 10.1. The number of nitriles is 1. The minimum atomic E-state index is -0.316. The summed E-state index contributed by atoms with van der Waals surface area (Å²) in [4.78, 5) is 15.8. The molecule has 1 saturated heterocycles. The summed E-state index contributed by atoms with van der Waals surface area (Å²) in [5.74, 6) is 1.00. The van der Waals surface area contributed by atoms with Crippen LogP contribution in [0.4, 0.5) is 10.2 Å². The van der Waals surface area contributed by atoms with Gasteiger partial charge in [-0.25, -0.2) is 19.3 Å². The predicted octanol–water partition coefficient (Wildman–Crippen LogP) is 3.29. The maximum absolute atomic E-state index is 14.9. The largest absolute Gasteiger partial charge is 0.351 e. The van der Waals surface area contributed by atoms with Gasteiger partial charge in [0.15, 0.2) is 5.65 Å². The van der Waals surface area contributed by atoms with Crippen LogP contribution in [0.15, 0.2) is 55.1 Å². The molecule has 8 heteroatoms. The van der Waals surface area contributed by atoms with E-state index >= 15 is 0 Å². The molecular formula is C23H20FN7. The van der Waals surface area contributed by atoms with E-state index < -0.39 is 0 Å². The zero-order chi connectivity index (χ0) is 21.4. The predicted molar refractivity (Wildman–Crippen MR) is 116 cm³/mol. The van der Waals surface area contributed by atoms with Crippen molar-refractivity contribution in [2.75, 3.05) is 24.5 Å². The first-order valence-corrected chi connectivity index (χ1v) is 10.1. The zero-order valence-corrected chi connectivity index (χ0v) is 17.0. The number of anilines is 1. The molecule has 1 N–H and O–H groups in total. The van der Waals surface area contributed by atoms with Crippen molar-refractivity contribution >= 4 is 16.9 Å². The zero-order valence-electron chi connectivity index (χ0n) is 17.0. The molecule has 1 atom stereocenters. The monoisotopic (exact) mass is 413 g/mol. The number of nitrogens with zero attached hydrogens (tertiary/aromatic N) is 6. The molecule has 154 valence electrons. The molecule has 5 rings (SSSR count). The van der Waals surface area contributed by atoms with Gasteiger partial charge in [0.25, 0.3) is 0 Å². The summed E-state index contributed by atoms with van der Waals surface area (Å²) in [7, 11) is 0. The van der Waals surface area contributed by atoms with Crippen LogP contribution in [-0.2, 0) is 0 Å². The summed E-state index contributed by atoms with van der Waals surface area (Å²) in [6, 6.07) is 12.4. The van der Waals surface area contributed by atoms with Crippen molar-refractivity contribution in [3.05, 3.63) is 66.5 Å². The Balaban J connectivity index is 1.82. The van der Waals surface area contributed by atoms with Crippen molar-refractivity contribution in [3.8, 4) is 23.0 Å². The maximum Gasteiger partial charge on any atom is 0.151 e. The second-order valence-corrected chi connectivity index (χ2v) is 7.55. The Kier molecular flexibility index (Phi) is 4.81. The lowest BCUT2D eigenvalue weighted by atomic mass is 10.0. The van der Waals surface area contributed by atoms with E-state index in [1.54, 1.807) is 35.0 Å². The Bertz CT molecular complexity index is 1310. The van der Waals surface area contributed by atoms with E-state index in [2.05, 4.69) is 38.2 Å². The van der Waals surface area contributed by atoms with Gasteiger partial charge in [-0.1, -0.05) is 18.2 Å². The number of rotatable bonds is 3. The van der Waals surface area contributed by atoms with Crippen LogP contribution in [0.2, 0.25) is 0 Å². The number of hydrogen-bond donors (Lipinski definition) is 1. The second kappa shape index (κ2) is 7.78. The summed E-state index contributed by atoms with van der Waals surface area (Å²) in [5, 5.41) is 13.5. The van der Waals surface area contributed by atoms with Gasteiger partial charge in [-0.2, -0.15) is 5.26 Å². The quantitative estimate of drug-likeness (QED) is 0.555. The molecule has 0 aliphatic carbocycles. The van der Waals surface area contributed by atoms with Gasteiger partial charge in [0.1, 0.15) is 23.8 Å². The first-order chi connectivity index (χ1) is 15.2. The summed E-state index contributed by atoms with van der Waals surface area (Å²) < 4.78 is 16.7. The van der Waals surface area contributed by atoms with Gasteiger partial charge in [0, 0.05) is 49.2 Å². The molecule has 4 aromatic rings. The number of benzene rings is 1. The lowest BCUT2D eigenvalue weighted by molar-refractivity contribution is 0.498. The number of pyridine rings is 1. The second-order valence-electron chi connectivity index (χ2n) is 7.55. The Morgan fingerprint density at radius 1 is 1.16 bits per heavy atom. The molecule has 7 nitrogen and oxygen atoms in total. The van der Waals surface area contributed by atoms with Crippen LogP contribution in [-0.4, -0.2) is 45.2 Å². The summed E-state index contributed by atoms with van der Waals surface area (Å²) in [5.41, 5.74) is 2.28. The van der Waals surface area contributed by atoms with E-state index in [1.807, 2.05) is 12.3 Å². The fourth-order valence-corrected chi connectivity index (χ4v) is 4.10. The van der Waals surface area contributed by atoms with Crippen LogP contribution in [0.3, 0.4) is 0 Å². The van der Waals surface area contributed by atoms with E-state index in [0.29, 0.717) is 28.2 Å². The molecule has 0 unspecified atom stereocenters. The van der Waals surface area contributed by atoms with E-state index in [-0.39, 0.29) is 11.9 Å². The van der Waals surface area contributed by atoms with Crippen molar-refractivity contribution in [2.45, 2.75) is 13.0 Å². The molecule has 4 heterocycles. The van der Waals surface area contributed by atoms with Crippen LogP contribution in [0.25, 0.3) is 28.0 Å². The lowest BCUT2D eigenvalue weighted by Gasteiger charge is -2.35. The molecule has 0 bridgehead atoms. The molecule has 31 heavy (non-hydrogen) atoms. The highest BCUT2D eigenvalue weighted by atomic mass is 19.1. The van der Waals surface area contributed by atoms with Crippen molar-refractivity contribution in [3.63, 3.8) is 0 Å². The molecule has 0 spiro atoms. The van der Waals surface area contributed by atoms with Gasteiger partial charge in [0.2, 0.25) is 0 Å².